The van der Waals surface area contributed by atoms with Crippen LogP contribution in [0, 0.1) is 0 Å². The largest absolute Gasteiger partial charge is 0.374 e. The second-order valence-electron chi connectivity index (χ2n) is 6.14. The van der Waals surface area contributed by atoms with Crippen LogP contribution in [0.5, 0.6) is 0 Å². The molecule has 1 atom stereocenters. The van der Waals surface area contributed by atoms with Crippen molar-refractivity contribution in [2.45, 2.75) is 31.8 Å². The Bertz CT molecular complexity index is 943. The lowest BCUT2D eigenvalue weighted by Gasteiger charge is -2.15. The Morgan fingerprint density at radius 3 is 2.84 bits per heavy atom. The molecule has 1 aromatic carbocycles. The normalized spacial score (nSPS) is 15.3. The summed E-state index contributed by atoms with van der Waals surface area (Å²) < 4.78 is 2.20. The maximum atomic E-state index is 12.3. The molecular weight excluding hydrogens is 338 g/mol. The summed E-state index contributed by atoms with van der Waals surface area (Å²) in [5.74, 6) is 0.791. The number of hydrogen-bond acceptors (Lipinski definition) is 7. The number of anilines is 2. The van der Waals surface area contributed by atoms with Crippen LogP contribution < -0.4 is 16.4 Å². The maximum Gasteiger partial charge on any atom is 0.253 e. The molecule has 2 heterocycles. The van der Waals surface area contributed by atoms with Gasteiger partial charge in [0.2, 0.25) is 10.3 Å². The van der Waals surface area contributed by atoms with Gasteiger partial charge in [-0.1, -0.05) is 17.4 Å². The van der Waals surface area contributed by atoms with E-state index in [2.05, 4.69) is 25.4 Å². The van der Waals surface area contributed by atoms with Gasteiger partial charge in [-0.15, -0.1) is 10.2 Å². The molecule has 2 aromatic heterocycles. The molecule has 3 aromatic rings. The standard InChI is InChI=1S/C16H19N7OS/c1-8(19-16-22-21-15(17)25-16)13-20-11-5-3-4-10(14(24)18-2)12(11)23(13)9-6-7-9/h3-5,8-9H,6-7H2,1-2H3,(H2,17,21)(H,18,24)(H,19,22)/t8-/m0/s1. The summed E-state index contributed by atoms with van der Waals surface area (Å²) in [6.07, 6.45) is 2.19. The summed E-state index contributed by atoms with van der Waals surface area (Å²) in [7, 11) is 1.64. The number of carbonyl (C=O) groups excluding carboxylic acids is 1. The first-order valence-corrected chi connectivity index (χ1v) is 8.98. The first kappa shape index (κ1) is 15.8. The van der Waals surface area contributed by atoms with Crippen molar-refractivity contribution in [1.82, 2.24) is 25.1 Å². The molecule has 1 aliphatic rings. The van der Waals surface area contributed by atoms with Crippen LogP contribution in [-0.4, -0.2) is 32.7 Å². The van der Waals surface area contributed by atoms with Crippen molar-refractivity contribution in [2.24, 2.45) is 0 Å². The molecule has 0 unspecified atom stereocenters. The van der Waals surface area contributed by atoms with Crippen molar-refractivity contribution < 1.29 is 4.79 Å². The van der Waals surface area contributed by atoms with Crippen molar-refractivity contribution >= 4 is 38.5 Å². The van der Waals surface area contributed by atoms with Gasteiger partial charge in [-0.3, -0.25) is 4.79 Å². The van der Waals surface area contributed by atoms with E-state index in [1.165, 1.54) is 11.3 Å². The van der Waals surface area contributed by atoms with Crippen LogP contribution in [-0.2, 0) is 0 Å². The van der Waals surface area contributed by atoms with Crippen LogP contribution in [0.15, 0.2) is 18.2 Å². The van der Waals surface area contributed by atoms with E-state index in [1.54, 1.807) is 7.05 Å². The quantitative estimate of drug-likeness (QED) is 0.646. The van der Waals surface area contributed by atoms with Gasteiger partial charge < -0.3 is 20.9 Å². The fourth-order valence-electron chi connectivity index (χ4n) is 3.03. The van der Waals surface area contributed by atoms with E-state index in [0.717, 1.165) is 29.7 Å². The van der Waals surface area contributed by atoms with E-state index in [1.807, 2.05) is 25.1 Å². The van der Waals surface area contributed by atoms with Crippen molar-refractivity contribution in [1.29, 1.82) is 0 Å². The zero-order valence-electron chi connectivity index (χ0n) is 14.0. The molecule has 4 rings (SSSR count). The van der Waals surface area contributed by atoms with Crippen molar-refractivity contribution in [3.8, 4) is 0 Å². The minimum absolute atomic E-state index is 0.0853. The average Bonchev–Trinajstić information content (AvgIpc) is 3.25. The van der Waals surface area contributed by atoms with Crippen LogP contribution >= 0.6 is 11.3 Å². The van der Waals surface area contributed by atoms with Gasteiger partial charge in [0.15, 0.2) is 0 Å². The van der Waals surface area contributed by atoms with E-state index in [0.29, 0.717) is 21.9 Å². The fourth-order valence-corrected chi connectivity index (χ4v) is 3.63. The summed E-state index contributed by atoms with van der Waals surface area (Å²) in [6.45, 7) is 2.03. The average molecular weight is 357 g/mol. The van der Waals surface area contributed by atoms with Crippen LogP contribution in [0.3, 0.4) is 0 Å². The number of hydrogen-bond donors (Lipinski definition) is 3. The molecular formula is C16H19N7OS. The van der Waals surface area contributed by atoms with Gasteiger partial charge in [-0.05, 0) is 31.9 Å². The van der Waals surface area contributed by atoms with Gasteiger partial charge in [0.25, 0.3) is 5.91 Å². The Kier molecular flexibility index (Phi) is 3.79. The van der Waals surface area contributed by atoms with Gasteiger partial charge in [-0.25, -0.2) is 4.98 Å². The number of imidazole rings is 1. The summed E-state index contributed by atoms with van der Waals surface area (Å²) in [6, 6.07) is 5.95. The molecule has 0 aliphatic heterocycles. The minimum atomic E-state index is -0.101. The van der Waals surface area contributed by atoms with Crippen LogP contribution in [0.4, 0.5) is 10.3 Å². The molecule has 0 spiro atoms. The van der Waals surface area contributed by atoms with E-state index in [4.69, 9.17) is 10.7 Å². The second-order valence-corrected chi connectivity index (χ2v) is 7.14. The second kappa shape index (κ2) is 5.99. The summed E-state index contributed by atoms with van der Waals surface area (Å²) in [5, 5.41) is 14.9. The molecule has 1 aliphatic carbocycles. The zero-order valence-corrected chi connectivity index (χ0v) is 14.8. The number of nitrogen functional groups attached to an aromatic ring is 1. The number of amides is 1. The Morgan fingerprint density at radius 2 is 2.20 bits per heavy atom. The maximum absolute atomic E-state index is 12.3. The number of nitrogens with zero attached hydrogens (tertiary/aromatic N) is 4. The van der Waals surface area contributed by atoms with E-state index in [-0.39, 0.29) is 11.9 Å². The van der Waals surface area contributed by atoms with E-state index >= 15 is 0 Å². The third kappa shape index (κ3) is 2.80. The summed E-state index contributed by atoms with van der Waals surface area (Å²) in [4.78, 5) is 17.1. The zero-order chi connectivity index (χ0) is 17.6. The van der Waals surface area contributed by atoms with Gasteiger partial charge >= 0.3 is 0 Å². The summed E-state index contributed by atoms with van der Waals surface area (Å²) in [5.41, 5.74) is 8.02. The third-order valence-electron chi connectivity index (χ3n) is 4.29. The summed E-state index contributed by atoms with van der Waals surface area (Å²) >= 11 is 1.30. The Labute approximate surface area is 148 Å². The molecule has 25 heavy (non-hydrogen) atoms. The molecule has 0 bridgehead atoms. The smallest absolute Gasteiger partial charge is 0.253 e. The number of nitrogens with two attached hydrogens (primary N) is 1. The van der Waals surface area contributed by atoms with Gasteiger partial charge in [0.05, 0.1) is 22.6 Å². The number of carbonyl (C=O) groups is 1. The number of fused-ring (bicyclic) bond motifs is 1. The number of para-hydroxylation sites is 1. The molecule has 0 radical (unpaired) electrons. The SMILES string of the molecule is CNC(=O)c1cccc2nc([C@H](C)Nc3nnc(N)s3)n(C3CC3)c12. The van der Waals surface area contributed by atoms with Crippen molar-refractivity contribution in [2.75, 3.05) is 18.1 Å². The lowest BCUT2D eigenvalue weighted by atomic mass is 10.1. The number of nitrogens with one attached hydrogen (secondary N) is 2. The van der Waals surface area contributed by atoms with Crippen molar-refractivity contribution in [3.05, 3.63) is 29.6 Å². The number of aromatic nitrogens is 4. The topological polar surface area (TPSA) is 111 Å². The molecule has 0 saturated heterocycles. The Balaban J connectivity index is 1.81. The van der Waals surface area contributed by atoms with Crippen LogP contribution in [0.1, 0.15) is 48.0 Å². The lowest BCUT2D eigenvalue weighted by Crippen LogP contribution is -2.19. The highest BCUT2D eigenvalue weighted by atomic mass is 32.1. The monoisotopic (exact) mass is 357 g/mol. The van der Waals surface area contributed by atoms with Gasteiger partial charge in [0, 0.05) is 13.1 Å². The first-order valence-electron chi connectivity index (χ1n) is 8.17. The highest BCUT2D eigenvalue weighted by Crippen LogP contribution is 2.41. The Hall–Kier alpha value is -2.68. The van der Waals surface area contributed by atoms with E-state index < -0.39 is 0 Å². The molecule has 8 nitrogen and oxygen atoms in total. The molecule has 1 fully saturated rings. The van der Waals surface area contributed by atoms with Gasteiger partial charge in [-0.2, -0.15) is 0 Å². The Morgan fingerprint density at radius 1 is 1.40 bits per heavy atom. The predicted molar refractivity (Wildman–Crippen MR) is 97.8 cm³/mol. The van der Waals surface area contributed by atoms with Gasteiger partial charge in [0.1, 0.15) is 5.82 Å². The number of rotatable bonds is 5. The lowest BCUT2D eigenvalue weighted by molar-refractivity contribution is 0.0964. The fraction of sp³-hybridized carbons (Fsp3) is 0.375. The third-order valence-corrected chi connectivity index (χ3v) is 4.97. The molecule has 1 amide bonds. The molecule has 1 saturated carbocycles. The highest BCUT2D eigenvalue weighted by Gasteiger charge is 2.31. The number of benzene rings is 1. The molecule has 9 heteroatoms. The van der Waals surface area contributed by atoms with E-state index in [9.17, 15) is 4.79 Å². The van der Waals surface area contributed by atoms with Crippen LogP contribution in [0.25, 0.3) is 11.0 Å². The van der Waals surface area contributed by atoms with Crippen molar-refractivity contribution in [3.63, 3.8) is 0 Å². The molecule has 130 valence electrons. The predicted octanol–water partition coefficient (Wildman–Crippen LogP) is 2.34. The van der Waals surface area contributed by atoms with Crippen LogP contribution in [0.2, 0.25) is 0 Å². The first-order chi connectivity index (χ1) is 12.1. The highest BCUT2D eigenvalue weighted by molar-refractivity contribution is 7.18. The molecule has 4 N–H and O–H groups in total. The minimum Gasteiger partial charge on any atom is -0.374 e.